The Balaban J connectivity index is 1.89. The predicted octanol–water partition coefficient (Wildman–Crippen LogP) is 0.760. The minimum absolute atomic E-state index is 0.147. The van der Waals surface area contributed by atoms with Gasteiger partial charge in [-0.25, -0.2) is 9.78 Å². The van der Waals surface area contributed by atoms with Crippen molar-refractivity contribution in [2.45, 2.75) is 38.6 Å². The van der Waals surface area contributed by atoms with Gasteiger partial charge in [0.1, 0.15) is 0 Å². The van der Waals surface area contributed by atoms with E-state index in [2.05, 4.69) is 14.9 Å². The summed E-state index contributed by atoms with van der Waals surface area (Å²) in [5.41, 5.74) is 0.487. The standard InChI is InChI=1S/C19H25N5O3/c1-3-24-16-15(17(25)21-19(24)27)13(11-14(20-16)12-5-6-12)18(26)23-8-4-7-22(2)9-10-23/h11-12H,3-10H2,1-2H3,(H,21,25,27). The molecular weight excluding hydrogens is 346 g/mol. The van der Waals surface area contributed by atoms with Gasteiger partial charge in [0.15, 0.2) is 5.65 Å². The number of pyridine rings is 1. The van der Waals surface area contributed by atoms with E-state index in [0.29, 0.717) is 36.8 Å². The maximum Gasteiger partial charge on any atom is 0.329 e. The Morgan fingerprint density at radius 3 is 2.70 bits per heavy atom. The largest absolute Gasteiger partial charge is 0.337 e. The Bertz CT molecular complexity index is 1000. The van der Waals surface area contributed by atoms with E-state index in [1.807, 2.05) is 18.9 Å². The van der Waals surface area contributed by atoms with Crippen molar-refractivity contribution in [3.8, 4) is 0 Å². The van der Waals surface area contributed by atoms with E-state index in [1.165, 1.54) is 4.57 Å². The zero-order chi connectivity index (χ0) is 19.1. The number of amides is 1. The quantitative estimate of drug-likeness (QED) is 0.860. The maximum atomic E-state index is 13.3. The molecule has 1 saturated heterocycles. The summed E-state index contributed by atoms with van der Waals surface area (Å²) in [6, 6.07) is 1.77. The highest BCUT2D eigenvalue weighted by molar-refractivity contribution is 6.05. The molecule has 1 N–H and O–H groups in total. The number of hydrogen-bond acceptors (Lipinski definition) is 5. The lowest BCUT2D eigenvalue weighted by molar-refractivity contribution is 0.0764. The van der Waals surface area contributed by atoms with Crippen molar-refractivity contribution in [3.63, 3.8) is 0 Å². The first-order chi connectivity index (χ1) is 13.0. The molecule has 4 rings (SSSR count). The smallest absolute Gasteiger partial charge is 0.329 e. The van der Waals surface area contributed by atoms with Crippen molar-refractivity contribution < 1.29 is 4.79 Å². The van der Waals surface area contributed by atoms with Gasteiger partial charge in [-0.15, -0.1) is 0 Å². The van der Waals surface area contributed by atoms with Crippen LogP contribution in [0.25, 0.3) is 11.0 Å². The third kappa shape index (κ3) is 3.29. The lowest BCUT2D eigenvalue weighted by atomic mass is 10.1. The molecule has 0 radical (unpaired) electrons. The normalized spacial score (nSPS) is 18.7. The number of aromatic amines is 1. The van der Waals surface area contributed by atoms with Gasteiger partial charge in [0.05, 0.1) is 10.9 Å². The Hall–Kier alpha value is -2.48. The number of aryl methyl sites for hydroxylation is 1. The number of carbonyl (C=O) groups excluding carboxylic acids is 1. The first-order valence-electron chi connectivity index (χ1n) is 9.65. The lowest BCUT2D eigenvalue weighted by Crippen LogP contribution is -2.37. The molecule has 0 unspecified atom stereocenters. The third-order valence-corrected chi connectivity index (χ3v) is 5.52. The molecule has 0 atom stereocenters. The van der Waals surface area contributed by atoms with Gasteiger partial charge in [0.25, 0.3) is 11.5 Å². The maximum absolute atomic E-state index is 13.3. The molecular formula is C19H25N5O3. The molecule has 8 heteroatoms. The molecule has 2 aromatic rings. The number of nitrogens with zero attached hydrogens (tertiary/aromatic N) is 4. The molecule has 1 aliphatic heterocycles. The van der Waals surface area contributed by atoms with E-state index in [4.69, 9.17) is 0 Å². The summed E-state index contributed by atoms with van der Waals surface area (Å²) in [7, 11) is 2.05. The summed E-state index contributed by atoms with van der Waals surface area (Å²) in [6.07, 6.45) is 2.96. The van der Waals surface area contributed by atoms with Gasteiger partial charge in [-0.2, -0.15) is 0 Å². The molecule has 2 fully saturated rings. The molecule has 2 aliphatic rings. The van der Waals surface area contributed by atoms with E-state index in [1.54, 1.807) is 6.07 Å². The Kier molecular flexibility index (Phi) is 4.59. The fourth-order valence-electron chi connectivity index (χ4n) is 3.76. The van der Waals surface area contributed by atoms with Crippen molar-refractivity contribution in [2.24, 2.45) is 0 Å². The molecule has 1 amide bonds. The first-order valence-corrected chi connectivity index (χ1v) is 9.65. The number of H-pyrrole nitrogens is 1. The zero-order valence-corrected chi connectivity index (χ0v) is 15.8. The van der Waals surface area contributed by atoms with Crippen molar-refractivity contribution in [1.29, 1.82) is 0 Å². The van der Waals surface area contributed by atoms with E-state index < -0.39 is 11.2 Å². The SMILES string of the molecule is CCn1c(=O)[nH]c(=O)c2c(C(=O)N3CCCN(C)CC3)cc(C3CC3)nc21. The Labute approximate surface area is 156 Å². The monoisotopic (exact) mass is 371 g/mol. The van der Waals surface area contributed by atoms with Crippen molar-refractivity contribution in [3.05, 3.63) is 38.2 Å². The van der Waals surface area contributed by atoms with E-state index in [9.17, 15) is 14.4 Å². The number of fused-ring (bicyclic) bond motifs is 1. The van der Waals surface area contributed by atoms with Gasteiger partial charge in [0.2, 0.25) is 0 Å². The minimum Gasteiger partial charge on any atom is -0.337 e. The Morgan fingerprint density at radius 2 is 2.00 bits per heavy atom. The highest BCUT2D eigenvalue weighted by atomic mass is 16.2. The van der Waals surface area contributed by atoms with Gasteiger partial charge < -0.3 is 9.80 Å². The van der Waals surface area contributed by atoms with Crippen LogP contribution in [0.2, 0.25) is 0 Å². The second-order valence-corrected chi connectivity index (χ2v) is 7.52. The molecule has 0 aromatic carbocycles. The minimum atomic E-state index is -0.537. The molecule has 1 saturated carbocycles. The molecule has 27 heavy (non-hydrogen) atoms. The van der Waals surface area contributed by atoms with E-state index in [-0.39, 0.29) is 11.3 Å². The second kappa shape index (κ2) is 6.92. The average molecular weight is 371 g/mol. The lowest BCUT2D eigenvalue weighted by Gasteiger charge is -2.22. The Morgan fingerprint density at radius 1 is 1.22 bits per heavy atom. The van der Waals surface area contributed by atoms with Gasteiger partial charge in [-0.3, -0.25) is 19.1 Å². The molecule has 1 aliphatic carbocycles. The topological polar surface area (TPSA) is 91.3 Å². The van der Waals surface area contributed by atoms with Crippen LogP contribution in [0.15, 0.2) is 15.7 Å². The summed E-state index contributed by atoms with van der Waals surface area (Å²) in [4.78, 5) is 49.1. The van der Waals surface area contributed by atoms with Crippen LogP contribution in [0, 0.1) is 0 Å². The van der Waals surface area contributed by atoms with Crippen LogP contribution in [0.1, 0.15) is 48.2 Å². The van der Waals surface area contributed by atoms with E-state index >= 15 is 0 Å². The van der Waals surface area contributed by atoms with Crippen LogP contribution in [0.4, 0.5) is 0 Å². The predicted molar refractivity (Wildman–Crippen MR) is 102 cm³/mol. The number of aromatic nitrogens is 3. The highest BCUT2D eigenvalue weighted by Gasteiger charge is 2.30. The molecule has 144 valence electrons. The highest BCUT2D eigenvalue weighted by Crippen LogP contribution is 2.40. The number of carbonyl (C=O) groups is 1. The number of likely N-dealkylation sites (N-methyl/N-ethyl adjacent to an activating group) is 1. The van der Waals surface area contributed by atoms with Crippen LogP contribution in [0.3, 0.4) is 0 Å². The number of nitrogens with one attached hydrogen (secondary N) is 1. The van der Waals surface area contributed by atoms with Gasteiger partial charge in [-0.05, 0) is 45.8 Å². The fourth-order valence-corrected chi connectivity index (χ4v) is 3.76. The van der Waals surface area contributed by atoms with Crippen LogP contribution in [0.5, 0.6) is 0 Å². The molecule has 0 bridgehead atoms. The van der Waals surface area contributed by atoms with Crippen molar-refractivity contribution in [1.82, 2.24) is 24.3 Å². The molecule has 8 nitrogen and oxygen atoms in total. The third-order valence-electron chi connectivity index (χ3n) is 5.52. The van der Waals surface area contributed by atoms with Crippen molar-refractivity contribution in [2.75, 3.05) is 33.2 Å². The summed E-state index contributed by atoms with van der Waals surface area (Å²) in [5.74, 6) is 0.169. The van der Waals surface area contributed by atoms with Gasteiger partial charge >= 0.3 is 5.69 Å². The molecule has 2 aromatic heterocycles. The van der Waals surface area contributed by atoms with Crippen molar-refractivity contribution >= 4 is 16.9 Å². The molecule has 0 spiro atoms. The number of rotatable bonds is 3. The first kappa shape index (κ1) is 17.9. The zero-order valence-electron chi connectivity index (χ0n) is 15.8. The van der Waals surface area contributed by atoms with Crippen LogP contribution < -0.4 is 11.2 Å². The van der Waals surface area contributed by atoms with Gasteiger partial charge in [0, 0.05) is 37.8 Å². The summed E-state index contributed by atoms with van der Waals surface area (Å²) in [5, 5.41) is 0.225. The molecule has 3 heterocycles. The van der Waals surface area contributed by atoms with E-state index in [0.717, 1.165) is 38.0 Å². The summed E-state index contributed by atoms with van der Waals surface area (Å²) in [6.45, 7) is 5.26. The summed E-state index contributed by atoms with van der Waals surface area (Å²) >= 11 is 0. The van der Waals surface area contributed by atoms with Crippen LogP contribution in [-0.2, 0) is 6.54 Å². The second-order valence-electron chi connectivity index (χ2n) is 7.52. The fraction of sp³-hybridized carbons (Fsp3) is 0.579. The van der Waals surface area contributed by atoms with Crippen LogP contribution >= 0.6 is 0 Å². The van der Waals surface area contributed by atoms with Crippen LogP contribution in [-0.4, -0.2) is 63.5 Å². The average Bonchev–Trinajstić information content (AvgIpc) is 3.48. The summed E-state index contributed by atoms with van der Waals surface area (Å²) < 4.78 is 1.44. The number of hydrogen-bond donors (Lipinski definition) is 1. The van der Waals surface area contributed by atoms with Gasteiger partial charge in [-0.1, -0.05) is 0 Å².